The van der Waals surface area contributed by atoms with Crippen LogP contribution >= 0.6 is 43.5 Å². The quantitative estimate of drug-likeness (QED) is 0.636. The molecule has 0 spiro atoms. The number of Topliss-reactive ketones (excluding diaryl/α,β-unsaturated/α-hetero) is 1. The SMILES string of the molecule is N#CC(C(=O)c1ccc(Br)c(Cl)c1)c1cccc(Br)c1. The lowest BCUT2D eigenvalue weighted by Gasteiger charge is -2.10. The highest BCUT2D eigenvalue weighted by atomic mass is 79.9. The van der Waals surface area contributed by atoms with E-state index in [0.29, 0.717) is 20.6 Å². The second-order valence-corrected chi connectivity index (χ2v) is 6.29. The van der Waals surface area contributed by atoms with E-state index < -0.39 is 5.92 Å². The van der Waals surface area contributed by atoms with Gasteiger partial charge in [0.2, 0.25) is 0 Å². The molecule has 2 aromatic carbocycles. The first-order chi connectivity index (χ1) is 9.52. The summed E-state index contributed by atoms with van der Waals surface area (Å²) in [5, 5.41) is 9.74. The molecule has 100 valence electrons. The van der Waals surface area contributed by atoms with Gasteiger partial charge in [-0.25, -0.2) is 0 Å². The van der Waals surface area contributed by atoms with Gasteiger partial charge in [0.1, 0.15) is 5.92 Å². The van der Waals surface area contributed by atoms with E-state index in [4.69, 9.17) is 11.6 Å². The predicted octanol–water partition coefficient (Wildman–Crippen LogP) is 5.36. The molecule has 0 aliphatic carbocycles. The number of hydrogen-bond donors (Lipinski definition) is 0. The second kappa shape index (κ2) is 6.53. The van der Waals surface area contributed by atoms with E-state index >= 15 is 0 Å². The normalized spacial score (nSPS) is 11.7. The van der Waals surface area contributed by atoms with Crippen molar-refractivity contribution >= 4 is 49.2 Å². The highest BCUT2D eigenvalue weighted by molar-refractivity contribution is 9.10. The Bertz CT molecular complexity index is 709. The molecule has 0 amide bonds. The second-order valence-electron chi connectivity index (χ2n) is 4.11. The van der Waals surface area contributed by atoms with Crippen LogP contribution in [0.3, 0.4) is 0 Å². The van der Waals surface area contributed by atoms with Gasteiger partial charge in [-0.2, -0.15) is 5.26 Å². The third-order valence-electron chi connectivity index (χ3n) is 2.78. The monoisotopic (exact) mass is 411 g/mol. The van der Waals surface area contributed by atoms with Crippen LogP contribution in [0.5, 0.6) is 0 Å². The summed E-state index contributed by atoms with van der Waals surface area (Å²) in [6, 6.07) is 14.1. The van der Waals surface area contributed by atoms with Crippen LogP contribution in [0.25, 0.3) is 0 Å². The van der Waals surface area contributed by atoms with Crippen LogP contribution in [0.2, 0.25) is 5.02 Å². The Kier molecular flexibility index (Phi) is 4.98. The lowest BCUT2D eigenvalue weighted by molar-refractivity contribution is 0.0979. The minimum Gasteiger partial charge on any atom is -0.292 e. The lowest BCUT2D eigenvalue weighted by Crippen LogP contribution is -2.11. The fourth-order valence-electron chi connectivity index (χ4n) is 1.79. The number of ketones is 1. The number of nitriles is 1. The van der Waals surface area contributed by atoms with Gasteiger partial charge in [-0.05, 0) is 45.8 Å². The first kappa shape index (κ1) is 15.2. The number of hydrogen-bond acceptors (Lipinski definition) is 2. The average molecular weight is 413 g/mol. The van der Waals surface area contributed by atoms with E-state index in [1.165, 1.54) is 0 Å². The maximum atomic E-state index is 12.4. The van der Waals surface area contributed by atoms with E-state index in [1.54, 1.807) is 36.4 Å². The molecule has 0 bridgehead atoms. The zero-order valence-electron chi connectivity index (χ0n) is 10.1. The third kappa shape index (κ3) is 3.29. The molecule has 0 heterocycles. The Labute approximate surface area is 138 Å². The van der Waals surface area contributed by atoms with Crippen LogP contribution in [0.4, 0.5) is 0 Å². The molecule has 0 fully saturated rings. The van der Waals surface area contributed by atoms with Gasteiger partial charge in [0.25, 0.3) is 0 Å². The number of carbonyl (C=O) groups is 1. The number of nitrogens with zero attached hydrogens (tertiary/aromatic N) is 1. The van der Waals surface area contributed by atoms with Gasteiger partial charge >= 0.3 is 0 Å². The van der Waals surface area contributed by atoms with Crippen molar-refractivity contribution < 1.29 is 4.79 Å². The summed E-state index contributed by atoms with van der Waals surface area (Å²) in [6.45, 7) is 0. The molecule has 0 aromatic heterocycles. The Morgan fingerprint density at radius 1 is 1.20 bits per heavy atom. The predicted molar refractivity (Wildman–Crippen MR) is 86.0 cm³/mol. The van der Waals surface area contributed by atoms with Crippen molar-refractivity contribution in [1.82, 2.24) is 0 Å². The molecule has 0 aliphatic heterocycles. The standard InChI is InChI=1S/C15H8Br2ClNO/c16-11-3-1-2-9(6-11)12(8-19)15(20)10-4-5-13(17)14(18)7-10/h1-7,12H. The molecule has 0 saturated carbocycles. The molecule has 2 rings (SSSR count). The van der Waals surface area contributed by atoms with Gasteiger partial charge < -0.3 is 0 Å². The van der Waals surface area contributed by atoms with Gasteiger partial charge in [0, 0.05) is 14.5 Å². The highest BCUT2D eigenvalue weighted by Crippen LogP contribution is 2.27. The summed E-state index contributed by atoms with van der Waals surface area (Å²) in [7, 11) is 0. The minimum atomic E-state index is -0.843. The van der Waals surface area contributed by atoms with Gasteiger partial charge in [-0.1, -0.05) is 45.7 Å². The van der Waals surface area contributed by atoms with Crippen molar-refractivity contribution in [3.05, 3.63) is 67.6 Å². The summed E-state index contributed by atoms with van der Waals surface area (Å²) in [6.07, 6.45) is 0. The maximum absolute atomic E-state index is 12.4. The maximum Gasteiger partial charge on any atom is 0.184 e. The third-order valence-corrected chi connectivity index (χ3v) is 4.50. The molecule has 2 nitrogen and oxygen atoms in total. The number of benzene rings is 2. The van der Waals surface area contributed by atoms with Crippen LogP contribution in [-0.2, 0) is 0 Å². The fraction of sp³-hybridized carbons (Fsp3) is 0.0667. The lowest BCUT2D eigenvalue weighted by atomic mass is 9.92. The molecule has 1 unspecified atom stereocenters. The highest BCUT2D eigenvalue weighted by Gasteiger charge is 2.22. The zero-order valence-corrected chi connectivity index (χ0v) is 14.0. The van der Waals surface area contributed by atoms with Gasteiger partial charge in [0.15, 0.2) is 5.78 Å². The van der Waals surface area contributed by atoms with Crippen LogP contribution < -0.4 is 0 Å². The largest absolute Gasteiger partial charge is 0.292 e. The first-order valence-electron chi connectivity index (χ1n) is 5.67. The Morgan fingerprint density at radius 2 is 1.95 bits per heavy atom. The van der Waals surface area contributed by atoms with Gasteiger partial charge in [0.05, 0.1) is 11.1 Å². The molecular formula is C15H8Br2ClNO. The van der Waals surface area contributed by atoms with Crippen molar-refractivity contribution in [2.45, 2.75) is 5.92 Å². The molecule has 20 heavy (non-hydrogen) atoms. The van der Waals surface area contributed by atoms with Gasteiger partial charge in [-0.3, -0.25) is 4.79 Å². The summed E-state index contributed by atoms with van der Waals surface area (Å²) < 4.78 is 1.54. The summed E-state index contributed by atoms with van der Waals surface area (Å²) in [5.74, 6) is -1.11. The molecule has 5 heteroatoms. The Hall–Kier alpha value is -1.15. The van der Waals surface area contributed by atoms with Crippen molar-refractivity contribution in [3.63, 3.8) is 0 Å². The van der Waals surface area contributed by atoms with E-state index in [9.17, 15) is 10.1 Å². The smallest absolute Gasteiger partial charge is 0.184 e. The summed E-state index contributed by atoms with van der Waals surface area (Å²) >= 11 is 12.6. The van der Waals surface area contributed by atoms with Crippen molar-refractivity contribution in [2.24, 2.45) is 0 Å². The number of rotatable bonds is 3. The van der Waals surface area contributed by atoms with E-state index in [2.05, 4.69) is 37.9 Å². The molecule has 0 radical (unpaired) electrons. The van der Waals surface area contributed by atoms with Crippen LogP contribution in [0, 0.1) is 11.3 Å². The Balaban J connectivity index is 2.39. The molecule has 0 aliphatic rings. The van der Waals surface area contributed by atoms with E-state index in [1.807, 2.05) is 6.07 Å². The summed E-state index contributed by atoms with van der Waals surface area (Å²) in [4.78, 5) is 12.4. The number of halogens is 3. The zero-order chi connectivity index (χ0) is 14.7. The molecule has 0 saturated heterocycles. The van der Waals surface area contributed by atoms with Crippen molar-refractivity contribution in [2.75, 3.05) is 0 Å². The van der Waals surface area contributed by atoms with Crippen molar-refractivity contribution in [1.29, 1.82) is 5.26 Å². The Morgan fingerprint density at radius 3 is 2.55 bits per heavy atom. The van der Waals surface area contributed by atoms with Gasteiger partial charge in [-0.15, -0.1) is 0 Å². The van der Waals surface area contributed by atoms with Crippen LogP contribution in [0.1, 0.15) is 21.8 Å². The molecule has 1 atom stereocenters. The molecule has 0 N–H and O–H groups in total. The average Bonchev–Trinajstić information content (AvgIpc) is 2.42. The van der Waals surface area contributed by atoms with E-state index in [-0.39, 0.29) is 5.78 Å². The fourth-order valence-corrected chi connectivity index (χ4v) is 2.63. The topological polar surface area (TPSA) is 40.9 Å². The molecular weight excluding hydrogens is 405 g/mol. The van der Waals surface area contributed by atoms with Crippen LogP contribution in [0.15, 0.2) is 51.4 Å². The molecule has 2 aromatic rings. The van der Waals surface area contributed by atoms with E-state index in [0.717, 1.165) is 4.47 Å². The summed E-state index contributed by atoms with van der Waals surface area (Å²) in [5.41, 5.74) is 1.08. The number of carbonyl (C=O) groups excluding carboxylic acids is 1. The first-order valence-corrected chi connectivity index (χ1v) is 7.63. The van der Waals surface area contributed by atoms with Crippen LogP contribution in [-0.4, -0.2) is 5.78 Å². The minimum absolute atomic E-state index is 0.264. The van der Waals surface area contributed by atoms with Crippen molar-refractivity contribution in [3.8, 4) is 6.07 Å².